The smallest absolute Gasteiger partial charge is 0.00650 e. The molecule has 1 atom stereocenters. The van der Waals surface area contributed by atoms with E-state index >= 15 is 0 Å². The van der Waals surface area contributed by atoms with Gasteiger partial charge in [0.25, 0.3) is 0 Å². The van der Waals surface area contributed by atoms with E-state index in [9.17, 15) is 0 Å². The lowest BCUT2D eigenvalue weighted by molar-refractivity contribution is 0.513. The normalized spacial score (nSPS) is 13.2. The van der Waals surface area contributed by atoms with Crippen molar-refractivity contribution < 1.29 is 0 Å². The molecule has 0 aromatic heterocycles. The third kappa shape index (κ3) is 8.45. The van der Waals surface area contributed by atoms with Crippen LogP contribution in [0.2, 0.25) is 0 Å². The molecule has 0 heterocycles. The standard InChI is InChI=1S/C11H24S/c1-4-6-9-12-10-8-11(3)7-5-2/h11H,4-10H2,1-3H3. The summed E-state index contributed by atoms with van der Waals surface area (Å²) in [7, 11) is 0. The molecule has 1 heteroatoms. The fourth-order valence-corrected chi connectivity index (χ4v) is 2.54. The fourth-order valence-electron chi connectivity index (χ4n) is 1.27. The van der Waals surface area contributed by atoms with E-state index in [1.165, 1.54) is 43.6 Å². The van der Waals surface area contributed by atoms with Crippen molar-refractivity contribution in [2.24, 2.45) is 5.92 Å². The monoisotopic (exact) mass is 188 g/mol. The highest BCUT2D eigenvalue weighted by Crippen LogP contribution is 2.14. The van der Waals surface area contributed by atoms with Gasteiger partial charge in [0.2, 0.25) is 0 Å². The molecule has 0 amide bonds. The fraction of sp³-hybridized carbons (Fsp3) is 1.00. The van der Waals surface area contributed by atoms with Crippen LogP contribution in [0.4, 0.5) is 0 Å². The van der Waals surface area contributed by atoms with Gasteiger partial charge in [-0.1, -0.05) is 40.0 Å². The Labute approximate surface area is 82.5 Å². The van der Waals surface area contributed by atoms with E-state index in [1.54, 1.807) is 0 Å². The van der Waals surface area contributed by atoms with Gasteiger partial charge >= 0.3 is 0 Å². The van der Waals surface area contributed by atoms with E-state index in [1.807, 2.05) is 0 Å². The first kappa shape index (κ1) is 12.3. The van der Waals surface area contributed by atoms with Crippen molar-refractivity contribution in [1.82, 2.24) is 0 Å². The molecule has 0 nitrogen and oxygen atoms in total. The topological polar surface area (TPSA) is 0 Å². The van der Waals surface area contributed by atoms with Crippen molar-refractivity contribution in [3.63, 3.8) is 0 Å². The van der Waals surface area contributed by atoms with E-state index in [0.717, 1.165) is 5.92 Å². The van der Waals surface area contributed by atoms with Gasteiger partial charge < -0.3 is 0 Å². The second kappa shape index (κ2) is 9.44. The van der Waals surface area contributed by atoms with Crippen LogP contribution in [0.1, 0.15) is 52.9 Å². The van der Waals surface area contributed by atoms with Crippen LogP contribution in [0.25, 0.3) is 0 Å². The Balaban J connectivity index is 2.97. The Morgan fingerprint density at radius 3 is 2.33 bits per heavy atom. The molecule has 0 aromatic rings. The third-order valence-corrected chi connectivity index (χ3v) is 3.28. The first-order valence-electron chi connectivity index (χ1n) is 5.39. The largest absolute Gasteiger partial charge is 0.162 e. The van der Waals surface area contributed by atoms with E-state index in [-0.39, 0.29) is 0 Å². The molecular formula is C11H24S. The van der Waals surface area contributed by atoms with Crippen LogP contribution in [-0.4, -0.2) is 11.5 Å². The second-order valence-corrected chi connectivity index (χ2v) is 4.87. The van der Waals surface area contributed by atoms with E-state index < -0.39 is 0 Å². The third-order valence-electron chi connectivity index (χ3n) is 2.18. The first-order chi connectivity index (χ1) is 5.81. The van der Waals surface area contributed by atoms with Crippen LogP contribution in [0.5, 0.6) is 0 Å². The van der Waals surface area contributed by atoms with E-state index in [2.05, 4.69) is 32.5 Å². The van der Waals surface area contributed by atoms with Gasteiger partial charge in [0.05, 0.1) is 0 Å². The van der Waals surface area contributed by atoms with Gasteiger partial charge in [-0.25, -0.2) is 0 Å². The predicted molar refractivity (Wildman–Crippen MR) is 60.9 cm³/mol. The molecule has 0 aromatic carbocycles. The molecule has 0 spiro atoms. The van der Waals surface area contributed by atoms with Gasteiger partial charge in [-0.15, -0.1) is 0 Å². The summed E-state index contributed by atoms with van der Waals surface area (Å²) in [4.78, 5) is 0. The maximum Gasteiger partial charge on any atom is -0.00650 e. The molecule has 0 aliphatic heterocycles. The number of thioether (sulfide) groups is 1. The molecule has 0 bridgehead atoms. The molecule has 0 saturated heterocycles. The predicted octanol–water partition coefficient (Wildman–Crippen LogP) is 4.35. The van der Waals surface area contributed by atoms with Crippen molar-refractivity contribution in [3.05, 3.63) is 0 Å². The minimum Gasteiger partial charge on any atom is -0.162 e. The zero-order valence-electron chi connectivity index (χ0n) is 8.94. The van der Waals surface area contributed by atoms with Crippen molar-refractivity contribution in [1.29, 1.82) is 0 Å². The Morgan fingerprint density at radius 1 is 1.00 bits per heavy atom. The zero-order valence-corrected chi connectivity index (χ0v) is 9.75. The molecular weight excluding hydrogens is 164 g/mol. The highest BCUT2D eigenvalue weighted by Gasteiger charge is 1.99. The average molecular weight is 188 g/mol. The van der Waals surface area contributed by atoms with Crippen molar-refractivity contribution in [2.75, 3.05) is 11.5 Å². The minimum absolute atomic E-state index is 0.948. The Bertz CT molecular complexity index is 81.1. The lowest BCUT2D eigenvalue weighted by atomic mass is 10.0. The van der Waals surface area contributed by atoms with Crippen molar-refractivity contribution in [2.45, 2.75) is 52.9 Å². The maximum atomic E-state index is 2.38. The van der Waals surface area contributed by atoms with Crippen LogP contribution < -0.4 is 0 Å². The average Bonchev–Trinajstić information content (AvgIpc) is 2.05. The molecule has 12 heavy (non-hydrogen) atoms. The summed E-state index contributed by atoms with van der Waals surface area (Å²) < 4.78 is 0. The lowest BCUT2D eigenvalue weighted by Crippen LogP contribution is -1.96. The molecule has 0 rings (SSSR count). The highest BCUT2D eigenvalue weighted by atomic mass is 32.2. The summed E-state index contributed by atoms with van der Waals surface area (Å²) >= 11 is 2.13. The zero-order chi connectivity index (χ0) is 9.23. The molecule has 1 unspecified atom stereocenters. The maximum absolute atomic E-state index is 2.38. The minimum atomic E-state index is 0.948. The molecule has 0 aliphatic carbocycles. The van der Waals surface area contributed by atoms with Gasteiger partial charge in [0, 0.05) is 0 Å². The summed E-state index contributed by atoms with van der Waals surface area (Å²) in [6.45, 7) is 6.92. The van der Waals surface area contributed by atoms with E-state index in [4.69, 9.17) is 0 Å². The van der Waals surface area contributed by atoms with Gasteiger partial charge in [-0.3, -0.25) is 0 Å². The molecule has 0 N–H and O–H groups in total. The molecule has 0 saturated carbocycles. The highest BCUT2D eigenvalue weighted by molar-refractivity contribution is 7.99. The van der Waals surface area contributed by atoms with Crippen LogP contribution in [0.3, 0.4) is 0 Å². The number of hydrogen-bond donors (Lipinski definition) is 0. The van der Waals surface area contributed by atoms with Gasteiger partial charge in [-0.05, 0) is 30.3 Å². The first-order valence-corrected chi connectivity index (χ1v) is 6.54. The Kier molecular flexibility index (Phi) is 9.71. The summed E-state index contributed by atoms with van der Waals surface area (Å²) in [6, 6.07) is 0. The lowest BCUT2D eigenvalue weighted by Gasteiger charge is -2.08. The van der Waals surface area contributed by atoms with Crippen molar-refractivity contribution in [3.8, 4) is 0 Å². The molecule has 74 valence electrons. The summed E-state index contributed by atoms with van der Waals surface area (Å²) in [6.07, 6.45) is 6.92. The van der Waals surface area contributed by atoms with Crippen LogP contribution in [0, 0.1) is 5.92 Å². The SMILES string of the molecule is CCCCSCCC(C)CCC. The number of hydrogen-bond acceptors (Lipinski definition) is 1. The van der Waals surface area contributed by atoms with Crippen LogP contribution >= 0.6 is 11.8 Å². The second-order valence-electron chi connectivity index (χ2n) is 3.65. The summed E-state index contributed by atoms with van der Waals surface area (Å²) in [5.41, 5.74) is 0. The van der Waals surface area contributed by atoms with Gasteiger partial charge in [-0.2, -0.15) is 11.8 Å². The number of unbranched alkanes of at least 4 members (excludes halogenated alkanes) is 1. The Hall–Kier alpha value is 0.350. The quantitative estimate of drug-likeness (QED) is 0.510. The summed E-state index contributed by atoms with van der Waals surface area (Å²) in [5, 5.41) is 0. The Morgan fingerprint density at radius 2 is 1.75 bits per heavy atom. The molecule has 0 aliphatic rings. The van der Waals surface area contributed by atoms with E-state index in [0.29, 0.717) is 0 Å². The number of rotatable bonds is 8. The van der Waals surface area contributed by atoms with Crippen molar-refractivity contribution >= 4 is 11.8 Å². The molecule has 0 radical (unpaired) electrons. The van der Waals surface area contributed by atoms with Gasteiger partial charge in [0.15, 0.2) is 0 Å². The molecule has 0 fully saturated rings. The van der Waals surface area contributed by atoms with Gasteiger partial charge in [0.1, 0.15) is 0 Å². The summed E-state index contributed by atoms with van der Waals surface area (Å²) in [5.74, 6) is 3.69. The van der Waals surface area contributed by atoms with Crippen LogP contribution in [0.15, 0.2) is 0 Å². The van der Waals surface area contributed by atoms with Crippen LogP contribution in [-0.2, 0) is 0 Å².